The molecule has 14 nitrogen and oxygen atoms in total. The number of carbonyl (C=O) groups excluding carboxylic acids is 2. The lowest BCUT2D eigenvalue weighted by atomic mass is 9.90. The summed E-state index contributed by atoms with van der Waals surface area (Å²) in [5.41, 5.74) is 9.26. The molecule has 3 saturated heterocycles. The van der Waals surface area contributed by atoms with Crippen LogP contribution in [0.3, 0.4) is 0 Å². The molecule has 7 heterocycles. The molecule has 4 atom stereocenters. The van der Waals surface area contributed by atoms with Crippen LogP contribution in [0.1, 0.15) is 80.6 Å². The van der Waals surface area contributed by atoms with Crippen molar-refractivity contribution < 1.29 is 24.3 Å². The standard InChI is InChI=1S/C46H53N9O5S/c1-26(2)43(46(59)55-24-33(56)18-39(55)45(58)48-27(3)29-10-12-30(13-11-29)44-28(4)47-25-61-44)41-21-42(51-60-41)53-16-14-32(15-17-53)54-22-31(23-54)37-20-36-38(52(37)5)19-35(49-50-36)34-8-6-7-9-40(34)57/h6-13,19-21,25-27,31-33,39,43,56-57H,14-18,22-24H2,1-5H3,(H,48,58)/t27-,33+,39-,43+/m0/s1. The Morgan fingerprint density at radius 1 is 0.967 bits per heavy atom. The molecule has 0 bridgehead atoms. The van der Waals surface area contributed by atoms with Gasteiger partial charge in [0.25, 0.3) is 0 Å². The number of aromatic nitrogens is 5. The number of thiazole rings is 1. The molecule has 0 aliphatic carbocycles. The smallest absolute Gasteiger partial charge is 0.243 e. The fraction of sp³-hybridized carbons (Fsp3) is 0.435. The highest BCUT2D eigenvalue weighted by atomic mass is 32.1. The summed E-state index contributed by atoms with van der Waals surface area (Å²) in [6, 6.07) is 20.7. The number of hydrogen-bond acceptors (Lipinski definition) is 12. The second-order valence-electron chi connectivity index (χ2n) is 17.3. The van der Waals surface area contributed by atoms with Gasteiger partial charge < -0.3 is 34.4 Å². The number of rotatable bonds is 11. The van der Waals surface area contributed by atoms with E-state index < -0.39 is 18.1 Å². The number of phenols is 1. The van der Waals surface area contributed by atoms with Gasteiger partial charge in [-0.25, -0.2) is 4.98 Å². The fourth-order valence-electron chi connectivity index (χ4n) is 9.50. The van der Waals surface area contributed by atoms with Gasteiger partial charge in [-0.1, -0.05) is 55.4 Å². The number of piperidine rings is 1. The van der Waals surface area contributed by atoms with Crippen LogP contribution in [0, 0.1) is 12.8 Å². The van der Waals surface area contributed by atoms with Crippen molar-refractivity contribution in [3.63, 3.8) is 0 Å². The lowest BCUT2D eigenvalue weighted by Gasteiger charge is -2.47. The van der Waals surface area contributed by atoms with Crippen molar-refractivity contribution in [1.29, 1.82) is 0 Å². The van der Waals surface area contributed by atoms with Gasteiger partial charge >= 0.3 is 0 Å². The lowest BCUT2D eigenvalue weighted by Crippen LogP contribution is -2.54. The number of nitrogens with zero attached hydrogens (tertiary/aromatic N) is 8. The normalized spacial score (nSPS) is 20.0. The van der Waals surface area contributed by atoms with Gasteiger partial charge in [-0.05, 0) is 68.0 Å². The molecule has 6 aromatic rings. The number of fused-ring (bicyclic) bond motifs is 1. The molecule has 2 aromatic carbocycles. The van der Waals surface area contributed by atoms with E-state index in [9.17, 15) is 19.8 Å². The van der Waals surface area contributed by atoms with Crippen molar-refractivity contribution in [3.8, 4) is 27.4 Å². The van der Waals surface area contributed by atoms with Gasteiger partial charge in [-0.3, -0.25) is 14.5 Å². The Hall–Kier alpha value is -5.64. The molecular formula is C46H53N9O5S. The number of aromatic hydroxyl groups is 1. The van der Waals surface area contributed by atoms with Crippen molar-refractivity contribution in [2.45, 2.75) is 83.0 Å². The maximum absolute atomic E-state index is 14.3. The molecule has 15 heteroatoms. The zero-order valence-electron chi connectivity index (χ0n) is 35.2. The van der Waals surface area contributed by atoms with Gasteiger partial charge in [0.1, 0.15) is 23.2 Å². The Morgan fingerprint density at radius 2 is 1.72 bits per heavy atom. The largest absolute Gasteiger partial charge is 0.507 e. The number of benzene rings is 2. The van der Waals surface area contributed by atoms with Crippen LogP contribution in [0.25, 0.3) is 32.7 Å². The number of likely N-dealkylation sites (tertiary alicyclic amines) is 2. The number of para-hydroxylation sites is 1. The number of aliphatic hydroxyl groups excluding tert-OH is 1. The number of carbonyl (C=O) groups is 2. The summed E-state index contributed by atoms with van der Waals surface area (Å²) in [5.74, 6) is 0.454. The van der Waals surface area contributed by atoms with Crippen molar-refractivity contribution in [2.75, 3.05) is 37.6 Å². The first-order valence-electron chi connectivity index (χ1n) is 21.3. The third-order valence-corrected chi connectivity index (χ3v) is 14.0. The van der Waals surface area contributed by atoms with E-state index >= 15 is 0 Å². The summed E-state index contributed by atoms with van der Waals surface area (Å²) in [6.07, 6.45) is 1.35. The fourth-order valence-corrected chi connectivity index (χ4v) is 10.3. The number of β-amino-alcohol motifs (C(OH)–C–C–N with tert-alkyl or cyclic N) is 1. The lowest BCUT2D eigenvalue weighted by molar-refractivity contribution is -0.141. The number of phenolic OH excluding ortho intramolecular Hbond substituents is 1. The van der Waals surface area contributed by atoms with Crippen LogP contribution in [0.5, 0.6) is 5.75 Å². The number of amides is 2. The summed E-state index contributed by atoms with van der Waals surface area (Å²) < 4.78 is 8.13. The third-order valence-electron chi connectivity index (χ3n) is 13.0. The van der Waals surface area contributed by atoms with Crippen LogP contribution >= 0.6 is 11.3 Å². The molecule has 3 N–H and O–H groups in total. The van der Waals surface area contributed by atoms with Gasteiger partial charge in [0.2, 0.25) is 11.8 Å². The number of anilines is 1. The number of aryl methyl sites for hydroxylation is 2. The molecule has 0 radical (unpaired) electrons. The topological polar surface area (TPSA) is 166 Å². The Labute approximate surface area is 359 Å². The van der Waals surface area contributed by atoms with Crippen LogP contribution in [0.2, 0.25) is 0 Å². The monoisotopic (exact) mass is 843 g/mol. The first kappa shape index (κ1) is 40.7. The number of aliphatic hydroxyl groups is 1. The molecule has 0 spiro atoms. The summed E-state index contributed by atoms with van der Waals surface area (Å²) in [5, 5.41) is 37.5. The second kappa shape index (κ2) is 16.7. The molecule has 3 aliphatic heterocycles. The summed E-state index contributed by atoms with van der Waals surface area (Å²) in [7, 11) is 2.08. The SMILES string of the molecule is Cc1ncsc1-c1ccc([C@H](C)NC(=O)[C@@H]2C[C@@H](O)CN2C(=O)[C@@H](c2cc(N3CCC(N4CC(c5cc6nnc(-c7ccccc7O)cc6n5C)C4)CC3)no2)C(C)C)cc1. The van der Waals surface area contributed by atoms with E-state index in [1.54, 1.807) is 23.5 Å². The minimum atomic E-state index is -0.802. The van der Waals surface area contributed by atoms with E-state index in [0.717, 1.165) is 71.8 Å². The zero-order chi connectivity index (χ0) is 42.5. The highest BCUT2D eigenvalue weighted by Gasteiger charge is 2.44. The quantitative estimate of drug-likeness (QED) is 0.132. The minimum Gasteiger partial charge on any atom is -0.507 e. The summed E-state index contributed by atoms with van der Waals surface area (Å²) in [6.45, 7) is 11.5. The van der Waals surface area contributed by atoms with E-state index in [0.29, 0.717) is 34.8 Å². The van der Waals surface area contributed by atoms with Crippen molar-refractivity contribution in [1.82, 2.24) is 40.0 Å². The van der Waals surface area contributed by atoms with E-state index in [1.165, 1.54) is 10.6 Å². The summed E-state index contributed by atoms with van der Waals surface area (Å²) in [4.78, 5) is 39.9. The number of hydrogen-bond donors (Lipinski definition) is 3. The Morgan fingerprint density at radius 3 is 2.43 bits per heavy atom. The molecule has 61 heavy (non-hydrogen) atoms. The predicted molar refractivity (Wildman–Crippen MR) is 234 cm³/mol. The van der Waals surface area contributed by atoms with Gasteiger partial charge in [-0.15, -0.1) is 21.5 Å². The van der Waals surface area contributed by atoms with Crippen LogP contribution in [0.15, 0.2) is 76.8 Å². The molecular weight excluding hydrogens is 791 g/mol. The Bertz CT molecular complexity index is 2540. The molecule has 4 aromatic heterocycles. The highest BCUT2D eigenvalue weighted by molar-refractivity contribution is 7.13. The maximum atomic E-state index is 14.3. The average Bonchev–Trinajstić information content (AvgIpc) is 4.05. The van der Waals surface area contributed by atoms with Gasteiger partial charge in [0.05, 0.1) is 39.4 Å². The first-order valence-corrected chi connectivity index (χ1v) is 22.2. The molecule has 0 saturated carbocycles. The first-order chi connectivity index (χ1) is 29.4. The average molecular weight is 844 g/mol. The van der Waals surface area contributed by atoms with Crippen LogP contribution in [0.4, 0.5) is 5.82 Å². The molecule has 2 amide bonds. The maximum Gasteiger partial charge on any atom is 0.243 e. The number of nitrogens with one attached hydrogen (secondary N) is 1. The van der Waals surface area contributed by atoms with Gasteiger partial charge in [-0.2, -0.15) is 0 Å². The van der Waals surface area contributed by atoms with Crippen molar-refractivity contribution in [2.24, 2.45) is 13.0 Å². The minimum absolute atomic E-state index is 0.0818. The Balaban J connectivity index is 0.799. The van der Waals surface area contributed by atoms with Gasteiger partial charge in [0, 0.05) is 75.5 Å². The van der Waals surface area contributed by atoms with Crippen LogP contribution in [-0.4, -0.2) is 108 Å². The molecule has 3 aliphatic rings. The van der Waals surface area contributed by atoms with E-state index in [-0.39, 0.29) is 42.5 Å². The Kier molecular flexibility index (Phi) is 11.1. The van der Waals surface area contributed by atoms with Crippen LogP contribution in [-0.2, 0) is 16.6 Å². The molecule has 318 valence electrons. The summed E-state index contributed by atoms with van der Waals surface area (Å²) >= 11 is 1.60. The molecule has 9 rings (SSSR count). The molecule has 0 unspecified atom stereocenters. The van der Waals surface area contributed by atoms with Crippen molar-refractivity contribution in [3.05, 3.63) is 95.0 Å². The zero-order valence-corrected chi connectivity index (χ0v) is 36.0. The predicted octanol–water partition coefficient (Wildman–Crippen LogP) is 6.41. The third kappa shape index (κ3) is 7.90. The van der Waals surface area contributed by atoms with Crippen LogP contribution < -0.4 is 10.2 Å². The highest BCUT2D eigenvalue weighted by Crippen LogP contribution is 2.38. The van der Waals surface area contributed by atoms with E-state index in [1.807, 2.05) is 81.7 Å². The molecule has 3 fully saturated rings. The van der Waals surface area contributed by atoms with E-state index in [2.05, 4.69) is 53.1 Å². The second-order valence-corrected chi connectivity index (χ2v) is 18.2. The van der Waals surface area contributed by atoms with Crippen molar-refractivity contribution >= 4 is 40.0 Å². The van der Waals surface area contributed by atoms with Gasteiger partial charge in [0.15, 0.2) is 11.6 Å². The van der Waals surface area contributed by atoms with E-state index in [4.69, 9.17) is 4.52 Å².